The maximum Gasteiger partial charge on any atom is 0.272 e. The summed E-state index contributed by atoms with van der Waals surface area (Å²) in [6, 6.07) is 7.99. The summed E-state index contributed by atoms with van der Waals surface area (Å²) >= 11 is 3.36. The van der Waals surface area contributed by atoms with Gasteiger partial charge in [0, 0.05) is 15.4 Å². The predicted molar refractivity (Wildman–Crippen MR) is 82.0 cm³/mol. The number of benzene rings is 2. The van der Waals surface area contributed by atoms with Gasteiger partial charge in [-0.15, -0.1) is 0 Å². The molecular weight excluding hydrogens is 339 g/mol. The number of hydrogen-bond donors (Lipinski definition) is 1. The molecule has 21 heavy (non-hydrogen) atoms. The molecule has 4 nitrogen and oxygen atoms in total. The van der Waals surface area contributed by atoms with Crippen LogP contribution in [0.1, 0.15) is 0 Å². The minimum atomic E-state index is -0.487. The van der Waals surface area contributed by atoms with Crippen molar-refractivity contribution in [2.45, 2.75) is 0 Å². The van der Waals surface area contributed by atoms with Gasteiger partial charge in [0.2, 0.25) is 0 Å². The zero-order chi connectivity index (χ0) is 15.0. The van der Waals surface area contributed by atoms with Crippen LogP contribution in [0.25, 0.3) is 21.9 Å². The molecule has 3 aromatic rings. The normalized spacial score (nSPS) is 10.8. The molecule has 0 saturated heterocycles. The summed E-state index contributed by atoms with van der Waals surface area (Å²) in [5.41, 5.74) is 0.829. The summed E-state index contributed by atoms with van der Waals surface area (Å²) in [5, 5.41) is 6.92. The first kappa shape index (κ1) is 13.8. The van der Waals surface area contributed by atoms with Gasteiger partial charge in [0.1, 0.15) is 11.6 Å². The molecule has 0 aliphatic heterocycles. The Bertz CT molecular complexity index is 892. The Morgan fingerprint density at radius 3 is 2.76 bits per heavy atom. The van der Waals surface area contributed by atoms with Crippen molar-refractivity contribution in [2.24, 2.45) is 0 Å². The van der Waals surface area contributed by atoms with Gasteiger partial charge in [0.05, 0.1) is 18.7 Å². The molecule has 0 unspecified atom stereocenters. The molecule has 1 N–H and O–H groups in total. The van der Waals surface area contributed by atoms with Crippen LogP contribution in [-0.2, 0) is 0 Å². The lowest BCUT2D eigenvalue weighted by molar-refractivity contribution is 0.416. The van der Waals surface area contributed by atoms with Crippen molar-refractivity contribution >= 4 is 26.7 Å². The molecule has 1 heterocycles. The lowest BCUT2D eigenvalue weighted by Crippen LogP contribution is -2.08. The van der Waals surface area contributed by atoms with E-state index in [0.29, 0.717) is 22.3 Å². The standard InChI is InChI=1S/C15H10BrFN2O2/c1-21-14-4-8(16)2-3-10(14)11-5-9(17)6-12-13(11)7-18-19-15(12)20/h2-7H,1H3,(H,19,20). The van der Waals surface area contributed by atoms with E-state index in [0.717, 1.165) is 4.47 Å². The SMILES string of the molecule is COc1cc(Br)ccc1-c1cc(F)cc2c(=O)[nH]ncc12. The van der Waals surface area contributed by atoms with Crippen LogP contribution in [0.5, 0.6) is 5.75 Å². The summed E-state index contributed by atoms with van der Waals surface area (Å²) in [6.45, 7) is 0. The zero-order valence-electron chi connectivity index (χ0n) is 11.0. The minimum Gasteiger partial charge on any atom is -0.496 e. The van der Waals surface area contributed by atoms with Crippen LogP contribution < -0.4 is 10.3 Å². The number of nitrogens with one attached hydrogen (secondary N) is 1. The molecule has 2 aromatic carbocycles. The highest BCUT2D eigenvalue weighted by molar-refractivity contribution is 9.10. The second-order valence-corrected chi connectivity index (χ2v) is 5.37. The molecule has 106 valence electrons. The van der Waals surface area contributed by atoms with Crippen molar-refractivity contribution in [1.29, 1.82) is 0 Å². The van der Waals surface area contributed by atoms with Gasteiger partial charge in [0.15, 0.2) is 0 Å². The van der Waals surface area contributed by atoms with E-state index in [2.05, 4.69) is 26.1 Å². The molecule has 0 fully saturated rings. The smallest absolute Gasteiger partial charge is 0.272 e. The van der Waals surface area contributed by atoms with Gasteiger partial charge in [-0.25, -0.2) is 9.49 Å². The van der Waals surface area contributed by atoms with Gasteiger partial charge < -0.3 is 4.74 Å². The predicted octanol–water partition coefficient (Wildman–Crippen LogP) is 3.50. The highest BCUT2D eigenvalue weighted by Gasteiger charge is 2.13. The van der Waals surface area contributed by atoms with Gasteiger partial charge in [0.25, 0.3) is 5.56 Å². The number of methoxy groups -OCH3 is 1. The molecule has 0 aliphatic rings. The first-order chi connectivity index (χ1) is 10.1. The van der Waals surface area contributed by atoms with Crippen molar-refractivity contribution in [3.05, 3.63) is 57.2 Å². The lowest BCUT2D eigenvalue weighted by Gasteiger charge is -2.11. The average Bonchev–Trinajstić information content (AvgIpc) is 2.47. The number of hydrogen-bond acceptors (Lipinski definition) is 3. The fourth-order valence-electron chi connectivity index (χ4n) is 2.27. The molecule has 0 bridgehead atoms. The van der Waals surface area contributed by atoms with Gasteiger partial charge in [-0.2, -0.15) is 5.10 Å². The van der Waals surface area contributed by atoms with Gasteiger partial charge in [-0.05, 0) is 35.9 Å². The van der Waals surface area contributed by atoms with E-state index in [1.807, 2.05) is 6.07 Å². The highest BCUT2D eigenvalue weighted by atomic mass is 79.9. The van der Waals surface area contributed by atoms with Gasteiger partial charge in [-0.1, -0.05) is 15.9 Å². The fourth-order valence-corrected chi connectivity index (χ4v) is 2.61. The van der Waals surface area contributed by atoms with Crippen LogP contribution in [0, 0.1) is 5.82 Å². The summed E-state index contributed by atoms with van der Waals surface area (Å²) < 4.78 is 20.0. The Morgan fingerprint density at radius 1 is 1.19 bits per heavy atom. The molecule has 0 amide bonds. The van der Waals surface area contributed by atoms with E-state index < -0.39 is 11.4 Å². The second kappa shape index (κ2) is 5.29. The average molecular weight is 349 g/mol. The van der Waals surface area contributed by atoms with Crippen LogP contribution in [0.2, 0.25) is 0 Å². The molecule has 0 aliphatic carbocycles. The van der Waals surface area contributed by atoms with E-state index in [-0.39, 0.29) is 5.39 Å². The second-order valence-electron chi connectivity index (χ2n) is 4.46. The Balaban J connectivity index is 2.40. The van der Waals surface area contributed by atoms with Crippen molar-refractivity contribution in [3.8, 4) is 16.9 Å². The van der Waals surface area contributed by atoms with Crippen molar-refractivity contribution in [3.63, 3.8) is 0 Å². The number of ether oxygens (including phenoxy) is 1. The van der Waals surface area contributed by atoms with Crippen molar-refractivity contribution in [1.82, 2.24) is 10.2 Å². The van der Waals surface area contributed by atoms with E-state index in [1.165, 1.54) is 25.4 Å². The van der Waals surface area contributed by atoms with E-state index in [1.54, 1.807) is 12.1 Å². The monoisotopic (exact) mass is 348 g/mol. The number of rotatable bonds is 2. The third-order valence-corrected chi connectivity index (χ3v) is 3.70. The Labute approximate surface area is 127 Å². The largest absolute Gasteiger partial charge is 0.496 e. The molecular formula is C15H10BrFN2O2. The fraction of sp³-hybridized carbons (Fsp3) is 0.0667. The van der Waals surface area contributed by atoms with Crippen LogP contribution in [-0.4, -0.2) is 17.3 Å². The highest BCUT2D eigenvalue weighted by Crippen LogP contribution is 2.36. The summed E-state index contributed by atoms with van der Waals surface area (Å²) in [5.74, 6) is 0.0933. The third kappa shape index (κ3) is 2.42. The molecule has 3 rings (SSSR count). The lowest BCUT2D eigenvalue weighted by atomic mass is 9.99. The zero-order valence-corrected chi connectivity index (χ0v) is 12.6. The maximum atomic E-state index is 13.9. The number of aromatic amines is 1. The maximum absolute atomic E-state index is 13.9. The summed E-state index contributed by atoms with van der Waals surface area (Å²) in [6.07, 6.45) is 1.51. The first-order valence-electron chi connectivity index (χ1n) is 6.11. The number of nitrogens with zero attached hydrogens (tertiary/aromatic N) is 1. The number of halogens is 2. The molecule has 1 aromatic heterocycles. The Hall–Kier alpha value is -2.21. The van der Waals surface area contributed by atoms with E-state index in [4.69, 9.17) is 4.74 Å². The van der Waals surface area contributed by atoms with E-state index >= 15 is 0 Å². The third-order valence-electron chi connectivity index (χ3n) is 3.20. The van der Waals surface area contributed by atoms with Gasteiger partial charge >= 0.3 is 0 Å². The van der Waals surface area contributed by atoms with Crippen LogP contribution in [0.3, 0.4) is 0 Å². The first-order valence-corrected chi connectivity index (χ1v) is 6.90. The summed E-state index contributed by atoms with van der Waals surface area (Å²) in [4.78, 5) is 11.8. The van der Waals surface area contributed by atoms with Crippen LogP contribution in [0.15, 0.2) is 45.8 Å². The summed E-state index contributed by atoms with van der Waals surface area (Å²) in [7, 11) is 1.54. The Morgan fingerprint density at radius 2 is 2.00 bits per heavy atom. The van der Waals surface area contributed by atoms with Gasteiger partial charge in [-0.3, -0.25) is 4.79 Å². The number of aromatic nitrogens is 2. The molecule has 0 atom stereocenters. The number of fused-ring (bicyclic) bond motifs is 1. The topological polar surface area (TPSA) is 55.0 Å². The molecule has 0 spiro atoms. The Kier molecular flexibility index (Phi) is 3.47. The van der Waals surface area contributed by atoms with E-state index in [9.17, 15) is 9.18 Å². The van der Waals surface area contributed by atoms with Crippen molar-refractivity contribution in [2.75, 3.05) is 7.11 Å². The molecule has 6 heteroatoms. The number of H-pyrrole nitrogens is 1. The quantitative estimate of drug-likeness (QED) is 0.771. The molecule has 0 saturated carbocycles. The van der Waals surface area contributed by atoms with Crippen LogP contribution >= 0.6 is 15.9 Å². The minimum absolute atomic E-state index is 0.255. The van der Waals surface area contributed by atoms with Crippen molar-refractivity contribution < 1.29 is 9.13 Å². The van der Waals surface area contributed by atoms with Crippen LogP contribution in [0.4, 0.5) is 4.39 Å². The molecule has 0 radical (unpaired) electrons.